The van der Waals surface area contributed by atoms with E-state index < -0.39 is 0 Å². The SMILES string of the molecule is Cc1cccc(Cl)c1C(=S)Pc1ccccc1.[H-].[Li+]. The molecule has 1 atom stereocenters. The summed E-state index contributed by atoms with van der Waals surface area (Å²) in [5, 5.41) is 2.00. The summed E-state index contributed by atoms with van der Waals surface area (Å²) < 4.78 is 0.930. The fraction of sp³-hybridized carbons (Fsp3) is 0.0714. The van der Waals surface area contributed by atoms with Gasteiger partial charge in [0, 0.05) is 15.2 Å². The van der Waals surface area contributed by atoms with E-state index in [-0.39, 0.29) is 20.3 Å². The van der Waals surface area contributed by atoms with Crippen molar-refractivity contribution in [1.29, 1.82) is 0 Å². The third kappa shape index (κ3) is 3.92. The Morgan fingerprint density at radius 2 is 1.78 bits per heavy atom. The van der Waals surface area contributed by atoms with Crippen LogP contribution in [0.5, 0.6) is 0 Å². The fourth-order valence-electron chi connectivity index (χ4n) is 1.63. The van der Waals surface area contributed by atoms with Gasteiger partial charge in [-0.05, 0) is 32.4 Å². The Morgan fingerprint density at radius 1 is 1.11 bits per heavy atom. The van der Waals surface area contributed by atoms with Gasteiger partial charge in [-0.25, -0.2) is 0 Å². The van der Waals surface area contributed by atoms with E-state index in [2.05, 4.69) is 12.1 Å². The standard InChI is InChI=1S/C14H12ClPS.Li.H/c1-10-6-5-9-12(15)13(10)14(17)16-11-7-3-2-4-8-11;;/h2-9,16H,1H3;;/q;+1;-1. The number of hydrogen-bond acceptors (Lipinski definition) is 1. The van der Waals surface area contributed by atoms with Crippen molar-refractivity contribution in [2.24, 2.45) is 0 Å². The van der Waals surface area contributed by atoms with Gasteiger partial charge in [-0.1, -0.05) is 66.3 Å². The number of hydrogen-bond donors (Lipinski definition) is 0. The molecule has 0 aliphatic carbocycles. The molecule has 0 amide bonds. The first-order valence-corrected chi connectivity index (χ1v) is 7.08. The van der Waals surface area contributed by atoms with Crippen molar-refractivity contribution >= 4 is 42.3 Å². The fourth-order valence-corrected chi connectivity index (χ4v) is 3.79. The summed E-state index contributed by atoms with van der Waals surface area (Å²) >= 11 is 11.7. The zero-order chi connectivity index (χ0) is 12.3. The summed E-state index contributed by atoms with van der Waals surface area (Å²) in [7, 11) is 0.495. The molecule has 0 aliphatic heterocycles. The van der Waals surface area contributed by atoms with E-state index in [1.54, 1.807) is 0 Å². The van der Waals surface area contributed by atoms with Crippen LogP contribution in [-0.4, -0.2) is 4.61 Å². The van der Waals surface area contributed by atoms with Crippen molar-refractivity contribution in [2.45, 2.75) is 6.92 Å². The maximum absolute atomic E-state index is 6.21. The van der Waals surface area contributed by atoms with Crippen LogP contribution in [0.4, 0.5) is 0 Å². The minimum Gasteiger partial charge on any atom is -1.00 e. The van der Waals surface area contributed by atoms with Gasteiger partial charge in [-0.3, -0.25) is 0 Å². The molecule has 4 heteroatoms. The topological polar surface area (TPSA) is 0 Å². The third-order valence-corrected chi connectivity index (χ3v) is 4.41. The Balaban J connectivity index is 0.00000162. The molecule has 18 heavy (non-hydrogen) atoms. The van der Waals surface area contributed by atoms with Crippen molar-refractivity contribution < 1.29 is 20.3 Å². The zero-order valence-corrected chi connectivity index (χ0v) is 13.0. The molecule has 0 nitrogen and oxygen atoms in total. The second-order valence-electron chi connectivity index (χ2n) is 3.75. The van der Waals surface area contributed by atoms with Crippen LogP contribution in [0.1, 0.15) is 12.6 Å². The van der Waals surface area contributed by atoms with Gasteiger partial charge < -0.3 is 1.43 Å². The van der Waals surface area contributed by atoms with Crippen molar-refractivity contribution in [2.75, 3.05) is 0 Å². The summed E-state index contributed by atoms with van der Waals surface area (Å²) in [5.74, 6) is 0. The van der Waals surface area contributed by atoms with Gasteiger partial charge in [0.2, 0.25) is 0 Å². The maximum atomic E-state index is 6.21. The second kappa shape index (κ2) is 7.44. The minimum atomic E-state index is 0. The van der Waals surface area contributed by atoms with Crippen LogP contribution in [0, 0.1) is 6.92 Å². The van der Waals surface area contributed by atoms with Gasteiger partial charge in [-0.15, -0.1) is 0 Å². The number of halogens is 1. The Morgan fingerprint density at radius 3 is 2.39 bits per heavy atom. The van der Waals surface area contributed by atoms with E-state index in [0.717, 1.165) is 20.8 Å². The van der Waals surface area contributed by atoms with Gasteiger partial charge in [0.1, 0.15) is 0 Å². The average Bonchev–Trinajstić information content (AvgIpc) is 2.30. The van der Waals surface area contributed by atoms with Crippen molar-refractivity contribution in [3.8, 4) is 0 Å². The Bertz CT molecular complexity index is 528. The number of rotatable bonds is 3. The summed E-state index contributed by atoms with van der Waals surface area (Å²) in [6.07, 6.45) is 0. The van der Waals surface area contributed by atoms with Crippen LogP contribution >= 0.6 is 32.4 Å². The van der Waals surface area contributed by atoms with Crippen molar-refractivity contribution in [1.82, 2.24) is 0 Å². The molecule has 2 rings (SSSR count). The molecule has 0 saturated carbocycles. The molecule has 0 fully saturated rings. The molecular weight excluding hydrogens is 274 g/mol. The molecule has 2 aromatic carbocycles. The molecular formula is C14H13ClLiPS. The van der Waals surface area contributed by atoms with Crippen LogP contribution < -0.4 is 24.2 Å². The molecule has 1 unspecified atom stereocenters. The van der Waals surface area contributed by atoms with Gasteiger partial charge >= 0.3 is 18.9 Å². The largest absolute Gasteiger partial charge is 1.00 e. The molecule has 0 radical (unpaired) electrons. The minimum absolute atomic E-state index is 0. The summed E-state index contributed by atoms with van der Waals surface area (Å²) in [4.78, 5) is 0. The molecule has 88 valence electrons. The number of aryl methyl sites for hydroxylation is 1. The van der Waals surface area contributed by atoms with E-state index >= 15 is 0 Å². The summed E-state index contributed by atoms with van der Waals surface area (Å²) in [6.45, 7) is 2.04. The molecule has 2 aromatic rings. The first kappa shape index (κ1) is 15.9. The van der Waals surface area contributed by atoms with Crippen LogP contribution in [0.25, 0.3) is 0 Å². The Hall–Kier alpha value is -0.153. The first-order chi connectivity index (χ1) is 8.18. The van der Waals surface area contributed by atoms with Gasteiger partial charge in [-0.2, -0.15) is 0 Å². The molecule has 0 saturated heterocycles. The predicted molar refractivity (Wildman–Crippen MR) is 83.4 cm³/mol. The van der Waals surface area contributed by atoms with Crippen LogP contribution in [0.3, 0.4) is 0 Å². The van der Waals surface area contributed by atoms with E-state index in [0.29, 0.717) is 8.58 Å². The van der Waals surface area contributed by atoms with Gasteiger partial charge in [0.25, 0.3) is 0 Å². The first-order valence-electron chi connectivity index (χ1n) is 5.30. The molecule has 0 aliphatic rings. The smallest absolute Gasteiger partial charge is 1.00 e. The molecule has 0 spiro atoms. The zero-order valence-electron chi connectivity index (χ0n) is 11.4. The quantitative estimate of drug-likeness (QED) is 0.467. The number of benzene rings is 2. The van der Waals surface area contributed by atoms with Gasteiger partial charge in [0.15, 0.2) is 0 Å². The molecule has 0 aromatic heterocycles. The van der Waals surface area contributed by atoms with E-state index in [1.165, 1.54) is 5.30 Å². The predicted octanol–water partition coefficient (Wildman–Crippen LogP) is 1.44. The molecule has 0 bridgehead atoms. The normalized spacial score (nSPS) is 10.3. The van der Waals surface area contributed by atoms with E-state index in [1.807, 2.05) is 43.3 Å². The average molecular weight is 287 g/mol. The van der Waals surface area contributed by atoms with Crippen molar-refractivity contribution in [3.05, 3.63) is 64.7 Å². The second-order valence-corrected chi connectivity index (χ2v) is 6.26. The van der Waals surface area contributed by atoms with Crippen LogP contribution in [0.15, 0.2) is 48.5 Å². The van der Waals surface area contributed by atoms with E-state index in [4.69, 9.17) is 23.8 Å². The monoisotopic (exact) mass is 286 g/mol. The van der Waals surface area contributed by atoms with Gasteiger partial charge in [0.05, 0.1) is 0 Å². The molecule has 0 heterocycles. The molecule has 0 N–H and O–H groups in total. The Labute approximate surface area is 134 Å². The Kier molecular flexibility index (Phi) is 6.57. The van der Waals surface area contributed by atoms with Crippen molar-refractivity contribution in [3.63, 3.8) is 0 Å². The number of thiocarbonyl (C=S) groups is 1. The summed E-state index contributed by atoms with van der Waals surface area (Å²) in [5.41, 5.74) is 2.16. The maximum Gasteiger partial charge on any atom is 1.00 e. The van der Waals surface area contributed by atoms with Crippen LogP contribution in [-0.2, 0) is 0 Å². The van der Waals surface area contributed by atoms with E-state index in [9.17, 15) is 0 Å². The van der Waals surface area contributed by atoms with Crippen LogP contribution in [0.2, 0.25) is 5.02 Å². The summed E-state index contributed by atoms with van der Waals surface area (Å²) in [6, 6.07) is 16.2. The third-order valence-electron chi connectivity index (χ3n) is 2.48.